The molecule has 8 heteroatoms. The molecule has 1 aliphatic heterocycles. The summed E-state index contributed by atoms with van der Waals surface area (Å²) in [6, 6.07) is 9.19. The average molecular weight is 395 g/mol. The van der Waals surface area contributed by atoms with Gasteiger partial charge in [0.2, 0.25) is 0 Å². The van der Waals surface area contributed by atoms with Crippen molar-refractivity contribution in [3.05, 3.63) is 79.4 Å². The van der Waals surface area contributed by atoms with E-state index < -0.39 is 15.6 Å². The number of ketones is 1. The topological polar surface area (TPSA) is 107 Å². The zero-order chi connectivity index (χ0) is 21.0. The standard InChI is InChI=1S/C21H21N3O5/c1-15-5-8-17(14-19(15)23(26)27)21(25)10-7-16-6-9-18(20(13-16)24(28)29)22-11-3-2-4-12-22/h5-10,13-14H,2-4,11-12H2,1H3. The Morgan fingerprint density at radius 1 is 0.966 bits per heavy atom. The molecule has 29 heavy (non-hydrogen) atoms. The quantitative estimate of drug-likeness (QED) is 0.304. The molecule has 0 saturated carbocycles. The number of piperidine rings is 1. The van der Waals surface area contributed by atoms with Crippen LogP contribution in [0.4, 0.5) is 17.1 Å². The van der Waals surface area contributed by atoms with Crippen LogP contribution in [0.25, 0.3) is 6.08 Å². The van der Waals surface area contributed by atoms with Crippen molar-refractivity contribution in [2.24, 2.45) is 0 Å². The van der Waals surface area contributed by atoms with Gasteiger partial charge >= 0.3 is 0 Å². The van der Waals surface area contributed by atoms with E-state index in [0.717, 1.165) is 32.4 Å². The van der Waals surface area contributed by atoms with Crippen LogP contribution in [0.1, 0.15) is 40.7 Å². The van der Waals surface area contributed by atoms with Gasteiger partial charge in [-0.1, -0.05) is 24.3 Å². The molecule has 150 valence electrons. The molecular formula is C21H21N3O5. The maximum Gasteiger partial charge on any atom is 0.293 e. The number of benzene rings is 2. The smallest absolute Gasteiger partial charge is 0.293 e. The van der Waals surface area contributed by atoms with Gasteiger partial charge in [-0.05, 0) is 43.9 Å². The van der Waals surface area contributed by atoms with E-state index in [9.17, 15) is 25.0 Å². The first-order valence-corrected chi connectivity index (χ1v) is 9.37. The molecule has 0 atom stereocenters. The van der Waals surface area contributed by atoms with Crippen LogP contribution in [-0.2, 0) is 0 Å². The Bertz CT molecular complexity index is 994. The number of rotatable bonds is 6. The van der Waals surface area contributed by atoms with Crippen molar-refractivity contribution >= 4 is 28.9 Å². The first kappa shape index (κ1) is 20.2. The van der Waals surface area contributed by atoms with E-state index >= 15 is 0 Å². The lowest BCUT2D eigenvalue weighted by atomic mass is 10.0. The lowest BCUT2D eigenvalue weighted by Crippen LogP contribution is -2.29. The van der Waals surface area contributed by atoms with Crippen LogP contribution in [0.5, 0.6) is 0 Å². The van der Waals surface area contributed by atoms with Crippen LogP contribution < -0.4 is 4.90 Å². The van der Waals surface area contributed by atoms with Crippen molar-refractivity contribution < 1.29 is 14.6 Å². The zero-order valence-corrected chi connectivity index (χ0v) is 16.0. The van der Waals surface area contributed by atoms with Gasteiger partial charge in [-0.3, -0.25) is 25.0 Å². The monoisotopic (exact) mass is 395 g/mol. The number of aryl methyl sites for hydroxylation is 1. The van der Waals surface area contributed by atoms with Gasteiger partial charge in [0.1, 0.15) is 5.69 Å². The Balaban J connectivity index is 1.84. The maximum atomic E-state index is 12.4. The summed E-state index contributed by atoms with van der Waals surface area (Å²) in [6.45, 7) is 3.19. The number of nitro groups is 2. The third-order valence-electron chi connectivity index (χ3n) is 5.01. The minimum Gasteiger partial charge on any atom is -0.366 e. The van der Waals surface area contributed by atoms with Crippen molar-refractivity contribution in [3.8, 4) is 0 Å². The van der Waals surface area contributed by atoms with Gasteiger partial charge in [0.25, 0.3) is 11.4 Å². The predicted octanol–water partition coefficient (Wildman–Crippen LogP) is 4.70. The second kappa shape index (κ2) is 8.64. The van der Waals surface area contributed by atoms with Gasteiger partial charge in [-0.2, -0.15) is 0 Å². The number of carbonyl (C=O) groups excluding carboxylic acids is 1. The predicted molar refractivity (Wildman–Crippen MR) is 110 cm³/mol. The van der Waals surface area contributed by atoms with Crippen LogP contribution in [0.3, 0.4) is 0 Å². The third-order valence-corrected chi connectivity index (χ3v) is 5.01. The second-order valence-electron chi connectivity index (χ2n) is 7.01. The fraction of sp³-hybridized carbons (Fsp3) is 0.286. The Labute approximate surface area is 167 Å². The first-order valence-electron chi connectivity index (χ1n) is 9.37. The molecule has 0 spiro atoms. The fourth-order valence-corrected chi connectivity index (χ4v) is 3.42. The van der Waals surface area contributed by atoms with Crippen LogP contribution in [0, 0.1) is 27.2 Å². The summed E-state index contributed by atoms with van der Waals surface area (Å²) in [7, 11) is 0. The molecule has 0 aliphatic carbocycles. The van der Waals surface area contributed by atoms with E-state index in [1.807, 2.05) is 4.90 Å². The maximum absolute atomic E-state index is 12.4. The molecule has 8 nitrogen and oxygen atoms in total. The number of allylic oxidation sites excluding steroid dienone is 1. The summed E-state index contributed by atoms with van der Waals surface area (Å²) in [4.78, 5) is 36.0. The Hall–Kier alpha value is -3.55. The molecule has 2 aromatic rings. The van der Waals surface area contributed by atoms with E-state index in [1.165, 1.54) is 36.4 Å². The van der Waals surface area contributed by atoms with Gasteiger partial charge in [-0.25, -0.2) is 0 Å². The number of hydrogen-bond acceptors (Lipinski definition) is 6. The van der Waals surface area contributed by atoms with Crippen molar-refractivity contribution in [3.63, 3.8) is 0 Å². The number of carbonyl (C=O) groups is 1. The molecular weight excluding hydrogens is 374 g/mol. The van der Waals surface area contributed by atoms with Gasteiger partial charge in [0.05, 0.1) is 9.85 Å². The summed E-state index contributed by atoms with van der Waals surface area (Å²) < 4.78 is 0. The van der Waals surface area contributed by atoms with Crippen molar-refractivity contribution in [1.82, 2.24) is 0 Å². The number of nitrogens with zero attached hydrogens (tertiary/aromatic N) is 3. The minimum absolute atomic E-state index is 0.00692. The van der Waals surface area contributed by atoms with E-state index in [2.05, 4.69) is 0 Å². The summed E-state index contributed by atoms with van der Waals surface area (Å²) in [5, 5.41) is 22.6. The Morgan fingerprint density at radius 3 is 2.31 bits per heavy atom. The Morgan fingerprint density at radius 2 is 1.66 bits per heavy atom. The second-order valence-corrected chi connectivity index (χ2v) is 7.01. The molecule has 2 aromatic carbocycles. The molecule has 0 aromatic heterocycles. The molecule has 3 rings (SSSR count). The van der Waals surface area contributed by atoms with Crippen molar-refractivity contribution in [2.75, 3.05) is 18.0 Å². The van der Waals surface area contributed by atoms with E-state index in [0.29, 0.717) is 16.8 Å². The van der Waals surface area contributed by atoms with E-state index in [1.54, 1.807) is 19.1 Å². The molecule has 1 heterocycles. The number of anilines is 1. The molecule has 1 fully saturated rings. The van der Waals surface area contributed by atoms with Gasteiger partial charge < -0.3 is 4.90 Å². The Kier molecular flexibility index (Phi) is 6.01. The average Bonchev–Trinajstić information content (AvgIpc) is 2.72. The summed E-state index contributed by atoms with van der Waals surface area (Å²) >= 11 is 0. The highest BCUT2D eigenvalue weighted by atomic mass is 16.6. The van der Waals surface area contributed by atoms with Gasteiger partial charge in [0.15, 0.2) is 5.78 Å². The molecule has 0 radical (unpaired) electrons. The highest BCUT2D eigenvalue weighted by molar-refractivity contribution is 6.07. The fourth-order valence-electron chi connectivity index (χ4n) is 3.42. The normalized spacial score (nSPS) is 14.2. The first-order chi connectivity index (χ1) is 13.9. The highest BCUT2D eigenvalue weighted by Crippen LogP contribution is 2.31. The summed E-state index contributed by atoms with van der Waals surface area (Å²) in [5.41, 5.74) is 1.66. The summed E-state index contributed by atoms with van der Waals surface area (Å²) in [6.07, 6.45) is 5.91. The SMILES string of the molecule is Cc1ccc(C(=O)C=Cc2ccc(N3CCCCC3)c([N+](=O)[O-])c2)cc1[N+](=O)[O-]. The van der Waals surface area contributed by atoms with Crippen molar-refractivity contribution in [2.45, 2.75) is 26.2 Å². The summed E-state index contributed by atoms with van der Waals surface area (Å²) in [5.74, 6) is -0.407. The van der Waals surface area contributed by atoms with E-state index in [4.69, 9.17) is 0 Å². The third kappa shape index (κ3) is 4.66. The lowest BCUT2D eigenvalue weighted by Gasteiger charge is -2.28. The zero-order valence-electron chi connectivity index (χ0n) is 16.0. The molecule has 0 amide bonds. The van der Waals surface area contributed by atoms with Crippen LogP contribution in [0.15, 0.2) is 42.5 Å². The van der Waals surface area contributed by atoms with Crippen LogP contribution in [-0.4, -0.2) is 28.7 Å². The van der Waals surface area contributed by atoms with Gasteiger partial charge in [0, 0.05) is 36.3 Å². The largest absolute Gasteiger partial charge is 0.366 e. The molecule has 1 aliphatic rings. The molecule has 0 unspecified atom stereocenters. The van der Waals surface area contributed by atoms with E-state index in [-0.39, 0.29) is 16.9 Å². The highest BCUT2D eigenvalue weighted by Gasteiger charge is 2.21. The minimum atomic E-state index is -0.529. The van der Waals surface area contributed by atoms with Gasteiger partial charge in [-0.15, -0.1) is 0 Å². The lowest BCUT2D eigenvalue weighted by molar-refractivity contribution is -0.385. The van der Waals surface area contributed by atoms with Crippen LogP contribution in [0.2, 0.25) is 0 Å². The van der Waals surface area contributed by atoms with Crippen molar-refractivity contribution in [1.29, 1.82) is 0 Å². The number of nitro benzene ring substituents is 2. The number of hydrogen-bond donors (Lipinski definition) is 0. The molecule has 0 N–H and O–H groups in total. The molecule has 0 bridgehead atoms. The van der Waals surface area contributed by atoms with Crippen LogP contribution >= 0.6 is 0 Å². The molecule has 1 saturated heterocycles.